The summed E-state index contributed by atoms with van der Waals surface area (Å²) >= 11 is 0. The molecule has 0 aliphatic carbocycles. The highest BCUT2D eigenvalue weighted by Crippen LogP contribution is 2.40. The monoisotopic (exact) mass is 438 g/mol. The Morgan fingerprint density at radius 1 is 0.677 bits per heavy atom. The van der Waals surface area contributed by atoms with E-state index in [-0.39, 0.29) is 5.04 Å². The van der Waals surface area contributed by atoms with E-state index in [1.165, 1.54) is 38.5 Å². The maximum Gasteiger partial charge on any atom is 0.258 e. The van der Waals surface area contributed by atoms with E-state index in [1.54, 1.807) is 0 Å². The molecule has 0 atom stereocenters. The summed E-state index contributed by atoms with van der Waals surface area (Å²) in [5.74, 6) is 0. The molecule has 2 rings (SSSR count). The number of aliphatic hydroxyl groups is 1. The second kappa shape index (κ2) is 13.7. The van der Waals surface area contributed by atoms with Crippen LogP contribution in [0.3, 0.4) is 0 Å². The minimum absolute atomic E-state index is 0.132. The fraction of sp³-hybridized carbons (Fsp3) is 0.500. The summed E-state index contributed by atoms with van der Waals surface area (Å²) in [6, 6.07) is 20.7. The first kappa shape index (κ1) is 25.6. The van der Waals surface area contributed by atoms with Gasteiger partial charge in [0.15, 0.2) is 0 Å². The van der Waals surface area contributed by atoms with Gasteiger partial charge in [0.2, 0.25) is 0 Å². The van der Waals surface area contributed by atoms with Crippen LogP contribution in [-0.4, -0.2) is 24.8 Å². The molecular formula is C28H42O2Si. The minimum Gasteiger partial charge on any atom is -0.424 e. The number of benzene rings is 2. The van der Waals surface area contributed by atoms with Crippen molar-refractivity contribution in [1.82, 2.24) is 0 Å². The lowest BCUT2D eigenvalue weighted by Crippen LogP contribution is -2.65. The average molecular weight is 439 g/mol. The predicted molar refractivity (Wildman–Crippen MR) is 137 cm³/mol. The second-order valence-corrected chi connectivity index (χ2v) is 13.3. The molecule has 0 saturated heterocycles. The van der Waals surface area contributed by atoms with Gasteiger partial charge in [0, 0.05) is 6.61 Å². The van der Waals surface area contributed by atoms with Crippen LogP contribution in [-0.2, 0) is 0 Å². The van der Waals surface area contributed by atoms with Crippen LogP contribution in [0.4, 0.5) is 0 Å². The van der Waals surface area contributed by atoms with Crippen molar-refractivity contribution in [2.75, 3.05) is 6.61 Å². The van der Waals surface area contributed by atoms with Gasteiger partial charge in [-0.15, -0.1) is 0 Å². The Morgan fingerprint density at radius 2 is 1.13 bits per heavy atom. The number of hydrogen-bond acceptors (Lipinski definition) is 2. The zero-order valence-corrected chi connectivity index (χ0v) is 20.6. The molecule has 2 aromatic rings. The molecule has 3 heteroatoms. The molecule has 0 amide bonds. The van der Waals surface area contributed by atoms with Gasteiger partial charge in [0.25, 0.3) is 8.32 Å². The lowest BCUT2D eigenvalue weighted by molar-refractivity contribution is 0.285. The quantitative estimate of drug-likeness (QED) is 0.204. The Hall–Kier alpha value is -1.68. The Labute approximate surface area is 191 Å². The van der Waals surface area contributed by atoms with Crippen molar-refractivity contribution in [3.8, 4) is 0 Å². The molecule has 0 bridgehead atoms. The van der Waals surface area contributed by atoms with Crippen LogP contribution < -0.4 is 10.4 Å². The van der Waals surface area contributed by atoms with Gasteiger partial charge < -0.3 is 9.90 Å². The Balaban J connectivity index is 1.83. The van der Waals surface area contributed by atoms with Gasteiger partial charge in [-0.1, -0.05) is 112 Å². The highest BCUT2D eigenvalue weighted by Gasteiger charge is 2.49. The molecule has 0 aliphatic heterocycles. The van der Waals surface area contributed by atoms with Crippen LogP contribution in [0.5, 0.6) is 0 Å². The first-order valence-corrected chi connectivity index (χ1v) is 14.1. The molecule has 2 aromatic carbocycles. The van der Waals surface area contributed by atoms with Crippen molar-refractivity contribution < 1.29 is 9.90 Å². The smallest absolute Gasteiger partial charge is 0.258 e. The normalized spacial score (nSPS) is 12.5. The molecule has 170 valence electrons. The molecule has 0 heterocycles. The van der Waals surface area contributed by atoms with Crippen molar-refractivity contribution in [2.24, 2.45) is 0 Å². The first-order valence-electron chi connectivity index (χ1n) is 12.1. The topological polar surface area (TPSA) is 40.5 Å². The van der Waals surface area contributed by atoms with E-state index >= 15 is 0 Å². The highest BCUT2D eigenvalue weighted by atomic mass is 28.4. The molecular weight excluding hydrogens is 396 g/mol. The molecule has 31 heavy (non-hydrogen) atoms. The van der Waals surface area contributed by atoms with Crippen LogP contribution in [0.15, 0.2) is 72.8 Å². The van der Waals surface area contributed by atoms with Gasteiger partial charge in [-0.3, -0.25) is 0 Å². The van der Waals surface area contributed by atoms with Crippen LogP contribution >= 0.6 is 0 Å². The van der Waals surface area contributed by atoms with E-state index in [0.29, 0.717) is 6.61 Å². The molecule has 0 fully saturated rings. The van der Waals surface area contributed by atoms with Gasteiger partial charge in [-0.05, 0) is 53.9 Å². The zero-order chi connectivity index (χ0) is 22.4. The predicted octanol–water partition coefficient (Wildman–Crippen LogP) is 5.97. The van der Waals surface area contributed by atoms with Crippen LogP contribution in [0.1, 0.15) is 78.1 Å². The van der Waals surface area contributed by atoms with E-state index < -0.39 is 8.32 Å². The van der Waals surface area contributed by atoms with Crippen LogP contribution in [0.2, 0.25) is 5.04 Å². The maximum atomic E-state index is 12.2. The lowest BCUT2D eigenvalue weighted by atomic mass is 10.0. The molecule has 2 N–H and O–H groups in total. The number of rotatable bonds is 15. The Kier molecular flexibility index (Phi) is 11.3. The zero-order valence-electron chi connectivity index (χ0n) is 19.6. The summed E-state index contributed by atoms with van der Waals surface area (Å²) < 4.78 is 0. The molecule has 0 radical (unpaired) electrons. The fourth-order valence-corrected chi connectivity index (χ4v) is 8.24. The number of aliphatic hydroxyl groups excluding tert-OH is 1. The molecule has 0 saturated carbocycles. The summed E-state index contributed by atoms with van der Waals surface area (Å²) in [5, 5.41) is 10.9. The van der Waals surface area contributed by atoms with Crippen molar-refractivity contribution in [3.63, 3.8) is 0 Å². The standard InChI is InChI=1S/C28H42O2Si/c1-28(2,24-18-10-8-6-4-3-5-7-9-11-19-25-29)31(30,26-20-14-12-15-21-26)27-22-16-13-17-23-27/h5,7,12-17,20-23,29-30H,3-4,6,8-11,18-19,24-25H2,1-2H3/b7-5-. The molecule has 0 aliphatic rings. The molecule has 0 aromatic heterocycles. The third-order valence-electron chi connectivity index (χ3n) is 6.48. The molecule has 2 nitrogen and oxygen atoms in total. The number of allylic oxidation sites excluding steroid dienone is 2. The third kappa shape index (κ3) is 7.75. The van der Waals surface area contributed by atoms with E-state index in [4.69, 9.17) is 5.11 Å². The summed E-state index contributed by atoms with van der Waals surface area (Å²) in [4.78, 5) is 12.2. The van der Waals surface area contributed by atoms with Crippen LogP contribution in [0.25, 0.3) is 0 Å². The van der Waals surface area contributed by atoms with E-state index in [0.717, 1.165) is 36.1 Å². The average Bonchev–Trinajstić information content (AvgIpc) is 2.80. The van der Waals surface area contributed by atoms with Crippen molar-refractivity contribution >= 4 is 18.7 Å². The van der Waals surface area contributed by atoms with Gasteiger partial charge in [-0.25, -0.2) is 0 Å². The molecule has 0 unspecified atom stereocenters. The SMILES string of the molecule is CC(C)(CCCCCCC/C=C\CCCCO)[Si](O)(c1ccccc1)c1ccccc1. The number of hydrogen-bond donors (Lipinski definition) is 2. The highest BCUT2D eigenvalue weighted by molar-refractivity contribution is 6.98. The molecule has 0 spiro atoms. The van der Waals surface area contributed by atoms with Crippen LogP contribution in [0, 0.1) is 0 Å². The van der Waals surface area contributed by atoms with Gasteiger partial charge in [0.05, 0.1) is 0 Å². The summed E-state index contributed by atoms with van der Waals surface area (Å²) in [5.41, 5.74) is 0. The Morgan fingerprint density at radius 3 is 1.65 bits per heavy atom. The van der Waals surface area contributed by atoms with E-state index in [2.05, 4.69) is 50.3 Å². The van der Waals surface area contributed by atoms with Crippen molar-refractivity contribution in [1.29, 1.82) is 0 Å². The van der Waals surface area contributed by atoms with Crippen molar-refractivity contribution in [2.45, 2.75) is 83.1 Å². The van der Waals surface area contributed by atoms with E-state index in [1.807, 2.05) is 36.4 Å². The summed E-state index contributed by atoms with van der Waals surface area (Å²) in [6.07, 6.45) is 16.1. The third-order valence-corrected chi connectivity index (χ3v) is 11.0. The first-order chi connectivity index (χ1) is 15.0. The van der Waals surface area contributed by atoms with Gasteiger partial charge in [0.1, 0.15) is 0 Å². The lowest BCUT2D eigenvalue weighted by Gasteiger charge is -2.41. The maximum absolute atomic E-state index is 12.2. The number of unbranched alkanes of at least 4 members (excludes halogenated alkanes) is 7. The largest absolute Gasteiger partial charge is 0.424 e. The second-order valence-electron chi connectivity index (χ2n) is 9.32. The van der Waals surface area contributed by atoms with Gasteiger partial charge >= 0.3 is 0 Å². The Bertz CT molecular complexity index is 701. The van der Waals surface area contributed by atoms with E-state index in [9.17, 15) is 4.80 Å². The summed E-state index contributed by atoms with van der Waals surface area (Å²) in [6.45, 7) is 4.84. The van der Waals surface area contributed by atoms with Crippen molar-refractivity contribution in [3.05, 3.63) is 72.8 Å². The fourth-order valence-electron chi connectivity index (χ4n) is 4.46. The summed E-state index contributed by atoms with van der Waals surface area (Å²) in [7, 11) is -2.85. The minimum atomic E-state index is -2.85. The van der Waals surface area contributed by atoms with Gasteiger partial charge in [-0.2, -0.15) is 0 Å².